The van der Waals surface area contributed by atoms with E-state index in [1.165, 1.54) is 0 Å². The molecule has 0 atom stereocenters. The fourth-order valence-corrected chi connectivity index (χ4v) is 3.68. The predicted molar refractivity (Wildman–Crippen MR) is 108 cm³/mol. The summed E-state index contributed by atoms with van der Waals surface area (Å²) in [5.41, 5.74) is 7.80. The minimum atomic E-state index is 0. The third-order valence-corrected chi connectivity index (χ3v) is 5.17. The van der Waals surface area contributed by atoms with E-state index in [4.69, 9.17) is 15.8 Å². The lowest BCUT2D eigenvalue weighted by atomic mass is 9.86. The highest BCUT2D eigenvalue weighted by atomic mass is 35.5. The number of halogens is 1. The molecule has 1 saturated carbocycles. The zero-order valence-corrected chi connectivity index (χ0v) is 16.0. The Labute approximate surface area is 168 Å². The molecule has 0 unspecified atom stereocenters. The Morgan fingerprint density at radius 3 is 2.50 bits per heavy atom. The summed E-state index contributed by atoms with van der Waals surface area (Å²) in [6.07, 6.45) is 5.64. The second-order valence-electron chi connectivity index (χ2n) is 7.01. The lowest BCUT2D eigenvalue weighted by Gasteiger charge is -2.25. The number of fused-ring (bicyclic) bond motifs is 1. The maximum absolute atomic E-state index is 6.10. The first-order chi connectivity index (χ1) is 13.3. The Hall–Kier alpha value is -2.84. The maximum Gasteiger partial charge on any atom is 0.181 e. The summed E-state index contributed by atoms with van der Waals surface area (Å²) in [6, 6.07) is 14.1. The van der Waals surface area contributed by atoms with Gasteiger partial charge in [-0.05, 0) is 37.8 Å². The van der Waals surface area contributed by atoms with Crippen LogP contribution in [0.5, 0.6) is 0 Å². The number of benzene rings is 1. The fraction of sp³-hybridized carbons (Fsp3) is 0.316. The van der Waals surface area contributed by atoms with Gasteiger partial charge in [0.2, 0.25) is 0 Å². The molecule has 0 aliphatic heterocycles. The van der Waals surface area contributed by atoms with Gasteiger partial charge in [-0.2, -0.15) is 9.20 Å². The van der Waals surface area contributed by atoms with Crippen LogP contribution in [-0.2, 0) is 0 Å². The first kappa shape index (κ1) is 18.5. The van der Waals surface area contributed by atoms with Gasteiger partial charge in [0.25, 0.3) is 0 Å². The van der Waals surface area contributed by atoms with Crippen LogP contribution in [0.2, 0.25) is 0 Å². The molecule has 0 spiro atoms. The highest BCUT2D eigenvalue weighted by Gasteiger charge is 2.26. The van der Waals surface area contributed by atoms with Gasteiger partial charge in [0, 0.05) is 17.5 Å². The summed E-state index contributed by atoms with van der Waals surface area (Å²) in [5.74, 6) is 2.70. The minimum Gasteiger partial charge on any atom is -0.328 e. The molecular formula is C19H21ClN8. The number of hydrogen-bond donors (Lipinski definition) is 1. The number of rotatable bonds is 3. The topological polar surface area (TPSA) is 99.8 Å². The average molecular weight is 397 g/mol. The van der Waals surface area contributed by atoms with Crippen molar-refractivity contribution in [1.82, 2.24) is 34.6 Å². The Morgan fingerprint density at radius 1 is 0.929 bits per heavy atom. The van der Waals surface area contributed by atoms with Crippen LogP contribution in [0.4, 0.5) is 0 Å². The Kier molecular flexibility index (Phi) is 5.06. The van der Waals surface area contributed by atoms with Crippen molar-refractivity contribution in [2.45, 2.75) is 37.6 Å². The molecule has 5 rings (SSSR count). The molecular weight excluding hydrogens is 376 g/mol. The molecule has 28 heavy (non-hydrogen) atoms. The van der Waals surface area contributed by atoms with E-state index in [1.807, 2.05) is 47.1 Å². The molecule has 0 saturated heterocycles. The standard InChI is InChI=1S/C19H20N8.ClH/c20-15-8-6-14(7-9-15)19-22-18(13-4-2-1-3-5-13)25-27(19)17-11-10-16-23-21-12-26(16)24-17;/h1-5,10-12,14-15H,6-9,20H2;1H. The van der Waals surface area contributed by atoms with Crippen molar-refractivity contribution in [3.8, 4) is 17.2 Å². The Morgan fingerprint density at radius 2 is 1.71 bits per heavy atom. The largest absolute Gasteiger partial charge is 0.328 e. The molecule has 0 radical (unpaired) electrons. The van der Waals surface area contributed by atoms with E-state index < -0.39 is 0 Å². The Balaban J connectivity index is 0.00000192. The van der Waals surface area contributed by atoms with Crippen molar-refractivity contribution < 1.29 is 0 Å². The fourth-order valence-electron chi connectivity index (χ4n) is 3.68. The number of nitrogens with zero attached hydrogens (tertiary/aromatic N) is 7. The van der Waals surface area contributed by atoms with Crippen molar-refractivity contribution in [2.24, 2.45) is 5.73 Å². The predicted octanol–water partition coefficient (Wildman–Crippen LogP) is 2.78. The van der Waals surface area contributed by atoms with Crippen molar-refractivity contribution in [2.75, 3.05) is 0 Å². The van der Waals surface area contributed by atoms with E-state index >= 15 is 0 Å². The number of nitrogens with two attached hydrogens (primary N) is 1. The molecule has 9 heteroatoms. The second-order valence-corrected chi connectivity index (χ2v) is 7.01. The number of hydrogen-bond acceptors (Lipinski definition) is 6. The Bertz CT molecular complexity index is 1070. The van der Waals surface area contributed by atoms with Crippen molar-refractivity contribution >= 4 is 18.1 Å². The average Bonchev–Trinajstić information content (AvgIpc) is 3.36. The maximum atomic E-state index is 6.10. The van der Waals surface area contributed by atoms with Gasteiger partial charge in [0.15, 0.2) is 17.3 Å². The third kappa shape index (κ3) is 3.36. The lowest BCUT2D eigenvalue weighted by molar-refractivity contribution is 0.380. The SMILES string of the molecule is Cl.NC1CCC(c2nc(-c3ccccc3)nn2-c2ccc3nncn3n2)CC1. The van der Waals surface area contributed by atoms with Crippen molar-refractivity contribution in [3.05, 3.63) is 54.6 Å². The zero-order valence-electron chi connectivity index (χ0n) is 15.2. The molecule has 0 amide bonds. The van der Waals surface area contributed by atoms with E-state index in [-0.39, 0.29) is 18.4 Å². The van der Waals surface area contributed by atoms with Gasteiger partial charge >= 0.3 is 0 Å². The quantitative estimate of drug-likeness (QED) is 0.571. The molecule has 3 heterocycles. The van der Waals surface area contributed by atoms with Crippen LogP contribution in [0, 0.1) is 0 Å². The lowest BCUT2D eigenvalue weighted by Crippen LogP contribution is -2.27. The van der Waals surface area contributed by atoms with Crippen LogP contribution in [0.1, 0.15) is 37.4 Å². The zero-order chi connectivity index (χ0) is 18.2. The molecule has 1 aliphatic carbocycles. The monoisotopic (exact) mass is 396 g/mol. The molecule has 1 aliphatic rings. The van der Waals surface area contributed by atoms with Gasteiger partial charge in [0.1, 0.15) is 12.2 Å². The van der Waals surface area contributed by atoms with E-state index in [9.17, 15) is 0 Å². The summed E-state index contributed by atoms with van der Waals surface area (Å²) >= 11 is 0. The van der Waals surface area contributed by atoms with Crippen LogP contribution >= 0.6 is 12.4 Å². The van der Waals surface area contributed by atoms with E-state index in [0.29, 0.717) is 23.2 Å². The summed E-state index contributed by atoms with van der Waals surface area (Å²) in [4.78, 5) is 4.90. The summed E-state index contributed by atoms with van der Waals surface area (Å²) in [7, 11) is 0. The summed E-state index contributed by atoms with van der Waals surface area (Å²) in [5, 5.41) is 17.3. The summed E-state index contributed by atoms with van der Waals surface area (Å²) in [6.45, 7) is 0. The van der Waals surface area contributed by atoms with Gasteiger partial charge in [0.05, 0.1) is 0 Å². The second kappa shape index (κ2) is 7.65. The van der Waals surface area contributed by atoms with Crippen LogP contribution in [0.3, 0.4) is 0 Å². The van der Waals surface area contributed by atoms with E-state index in [0.717, 1.165) is 37.1 Å². The van der Waals surface area contributed by atoms with Crippen molar-refractivity contribution in [1.29, 1.82) is 0 Å². The van der Waals surface area contributed by atoms with Crippen LogP contribution < -0.4 is 5.73 Å². The van der Waals surface area contributed by atoms with Gasteiger partial charge in [-0.1, -0.05) is 30.3 Å². The molecule has 144 valence electrons. The minimum absolute atomic E-state index is 0. The first-order valence-electron chi connectivity index (χ1n) is 9.23. The smallest absolute Gasteiger partial charge is 0.181 e. The highest BCUT2D eigenvalue weighted by Crippen LogP contribution is 2.33. The normalized spacial score (nSPS) is 19.5. The molecule has 0 bridgehead atoms. The van der Waals surface area contributed by atoms with Crippen LogP contribution in [-0.4, -0.2) is 40.6 Å². The first-order valence-corrected chi connectivity index (χ1v) is 9.23. The molecule has 4 aromatic rings. The molecule has 1 fully saturated rings. The van der Waals surface area contributed by atoms with Crippen molar-refractivity contribution in [3.63, 3.8) is 0 Å². The summed E-state index contributed by atoms with van der Waals surface area (Å²) < 4.78 is 3.52. The molecule has 2 N–H and O–H groups in total. The van der Waals surface area contributed by atoms with Gasteiger partial charge in [-0.25, -0.2) is 4.98 Å². The van der Waals surface area contributed by atoms with Crippen LogP contribution in [0.25, 0.3) is 22.9 Å². The molecule has 3 aromatic heterocycles. The highest BCUT2D eigenvalue weighted by molar-refractivity contribution is 5.85. The van der Waals surface area contributed by atoms with Gasteiger partial charge in [-0.3, -0.25) is 0 Å². The van der Waals surface area contributed by atoms with E-state index in [1.54, 1.807) is 10.8 Å². The third-order valence-electron chi connectivity index (χ3n) is 5.17. The molecule has 1 aromatic carbocycles. The van der Waals surface area contributed by atoms with E-state index in [2.05, 4.69) is 15.3 Å². The molecule has 8 nitrogen and oxygen atoms in total. The van der Waals surface area contributed by atoms with Gasteiger partial charge < -0.3 is 5.73 Å². The van der Waals surface area contributed by atoms with Gasteiger partial charge in [-0.15, -0.1) is 32.8 Å². The van der Waals surface area contributed by atoms with Crippen LogP contribution in [0.15, 0.2) is 48.8 Å². The number of aromatic nitrogens is 7.